The van der Waals surface area contributed by atoms with Crippen molar-refractivity contribution in [2.75, 3.05) is 13.2 Å². The summed E-state index contributed by atoms with van der Waals surface area (Å²) in [6, 6.07) is 0. The molecule has 5 heteroatoms. The Balaban J connectivity index is 4.08. The quantitative estimate of drug-likeness (QED) is 0.408. The summed E-state index contributed by atoms with van der Waals surface area (Å²) in [5, 5.41) is 9.00. The largest absolute Gasteiger partial charge is 0.502 e. The number of rotatable bonds is 5. The van der Waals surface area contributed by atoms with Crippen LogP contribution in [0.1, 0.15) is 20.3 Å². The van der Waals surface area contributed by atoms with Crippen molar-refractivity contribution in [1.82, 2.24) is 0 Å². The summed E-state index contributed by atoms with van der Waals surface area (Å²) in [6.45, 7) is 3.83. The Morgan fingerprint density at radius 3 is 2.43 bits per heavy atom. The number of hydrogen-bond donors (Lipinski definition) is 1. The lowest BCUT2D eigenvalue weighted by molar-refractivity contribution is -0.143. The minimum absolute atomic E-state index is 0.140. The summed E-state index contributed by atoms with van der Waals surface area (Å²) in [5.74, 6) is -2.42. The fourth-order valence-corrected chi connectivity index (χ4v) is 0.620. The molecule has 0 fully saturated rings. The number of aliphatic hydroxyl groups is 1. The van der Waals surface area contributed by atoms with Crippen LogP contribution in [0.15, 0.2) is 11.8 Å². The predicted molar refractivity (Wildman–Crippen MR) is 48.6 cm³/mol. The van der Waals surface area contributed by atoms with Gasteiger partial charge in [0.25, 0.3) is 0 Å². The van der Waals surface area contributed by atoms with Gasteiger partial charge >= 0.3 is 11.9 Å². The van der Waals surface area contributed by atoms with Crippen LogP contribution in [-0.2, 0) is 19.1 Å². The van der Waals surface area contributed by atoms with Crippen LogP contribution >= 0.6 is 0 Å². The van der Waals surface area contributed by atoms with Crippen molar-refractivity contribution in [3.8, 4) is 0 Å². The zero-order chi connectivity index (χ0) is 11.0. The maximum absolute atomic E-state index is 10.9. The Morgan fingerprint density at radius 2 is 1.93 bits per heavy atom. The van der Waals surface area contributed by atoms with Crippen molar-refractivity contribution < 1.29 is 24.2 Å². The molecule has 0 aromatic carbocycles. The molecular weight excluding hydrogens is 188 g/mol. The highest BCUT2D eigenvalue weighted by Gasteiger charge is 2.10. The summed E-state index contributed by atoms with van der Waals surface area (Å²) in [5.41, 5.74) is 0. The lowest BCUT2D eigenvalue weighted by Crippen LogP contribution is -2.10. The lowest BCUT2D eigenvalue weighted by atomic mass is 10.4. The van der Waals surface area contributed by atoms with Crippen LogP contribution in [0.5, 0.6) is 0 Å². The molecule has 0 spiro atoms. The van der Waals surface area contributed by atoms with Crippen LogP contribution in [0.2, 0.25) is 0 Å². The molecule has 0 radical (unpaired) electrons. The third-order valence-corrected chi connectivity index (χ3v) is 1.19. The Morgan fingerprint density at radius 1 is 1.29 bits per heavy atom. The number of ether oxygens (including phenoxy) is 2. The first-order chi connectivity index (χ1) is 6.61. The van der Waals surface area contributed by atoms with E-state index in [-0.39, 0.29) is 13.2 Å². The van der Waals surface area contributed by atoms with Crippen LogP contribution < -0.4 is 0 Å². The van der Waals surface area contributed by atoms with Gasteiger partial charge in [-0.2, -0.15) is 0 Å². The maximum atomic E-state index is 10.9. The van der Waals surface area contributed by atoms with E-state index in [1.165, 1.54) is 0 Å². The van der Waals surface area contributed by atoms with Crippen LogP contribution in [0.25, 0.3) is 0 Å². The van der Waals surface area contributed by atoms with Gasteiger partial charge in [-0.25, -0.2) is 9.59 Å². The van der Waals surface area contributed by atoms with Gasteiger partial charge in [0.1, 0.15) is 0 Å². The predicted octanol–water partition coefficient (Wildman–Crippen LogP) is 0.945. The third-order valence-electron chi connectivity index (χ3n) is 1.19. The second kappa shape index (κ2) is 6.94. The van der Waals surface area contributed by atoms with Crippen molar-refractivity contribution in [2.24, 2.45) is 0 Å². The van der Waals surface area contributed by atoms with E-state index >= 15 is 0 Å². The fourth-order valence-electron chi connectivity index (χ4n) is 0.620. The van der Waals surface area contributed by atoms with Crippen LogP contribution in [0.4, 0.5) is 0 Å². The first-order valence-electron chi connectivity index (χ1n) is 4.36. The summed E-state index contributed by atoms with van der Waals surface area (Å²) < 4.78 is 9.05. The molecule has 5 nitrogen and oxygen atoms in total. The molecule has 0 heterocycles. The van der Waals surface area contributed by atoms with Crippen LogP contribution in [0, 0.1) is 0 Å². The van der Waals surface area contributed by atoms with Gasteiger partial charge in [0, 0.05) is 0 Å². The molecule has 0 saturated carbocycles. The summed E-state index contributed by atoms with van der Waals surface area (Å²) >= 11 is 0. The van der Waals surface area contributed by atoms with Crippen molar-refractivity contribution in [1.29, 1.82) is 0 Å². The van der Waals surface area contributed by atoms with Gasteiger partial charge in [0.05, 0.1) is 19.3 Å². The molecule has 0 aliphatic heterocycles. The Hall–Kier alpha value is -1.52. The van der Waals surface area contributed by atoms with Gasteiger partial charge in [-0.3, -0.25) is 0 Å². The minimum atomic E-state index is -0.930. The van der Waals surface area contributed by atoms with Crippen molar-refractivity contribution in [3.05, 3.63) is 11.8 Å². The standard InChI is InChI=1S/C9H14O5/c1-3-5-14-8(11)6-7(10)9(12)13-4-2/h6,10H,3-5H2,1-2H3/b7-6+. The van der Waals surface area contributed by atoms with Gasteiger partial charge in [0.15, 0.2) is 0 Å². The van der Waals surface area contributed by atoms with E-state index in [4.69, 9.17) is 5.11 Å². The van der Waals surface area contributed by atoms with Crippen molar-refractivity contribution in [3.63, 3.8) is 0 Å². The Labute approximate surface area is 82.3 Å². The van der Waals surface area contributed by atoms with Gasteiger partial charge in [-0.05, 0) is 13.3 Å². The van der Waals surface area contributed by atoms with Crippen molar-refractivity contribution in [2.45, 2.75) is 20.3 Å². The summed E-state index contributed by atoms with van der Waals surface area (Å²) in [4.78, 5) is 21.7. The monoisotopic (exact) mass is 202 g/mol. The molecule has 0 amide bonds. The molecule has 0 aromatic heterocycles. The van der Waals surface area contributed by atoms with Gasteiger partial charge in [-0.1, -0.05) is 6.92 Å². The minimum Gasteiger partial charge on any atom is -0.502 e. The van der Waals surface area contributed by atoms with E-state index in [0.29, 0.717) is 12.5 Å². The average molecular weight is 202 g/mol. The second-order valence-corrected chi connectivity index (χ2v) is 2.42. The molecule has 14 heavy (non-hydrogen) atoms. The molecular formula is C9H14O5. The summed E-state index contributed by atoms with van der Waals surface area (Å²) in [6.07, 6.45) is 1.38. The number of carbonyl (C=O) groups is 2. The third kappa shape index (κ3) is 5.18. The summed E-state index contributed by atoms with van der Waals surface area (Å²) in [7, 11) is 0. The van der Waals surface area contributed by atoms with Gasteiger partial charge in [-0.15, -0.1) is 0 Å². The molecule has 0 rings (SSSR count). The highest BCUT2D eigenvalue weighted by Crippen LogP contribution is 1.95. The maximum Gasteiger partial charge on any atom is 0.373 e. The smallest absolute Gasteiger partial charge is 0.373 e. The van der Waals surface area contributed by atoms with Crippen LogP contribution in [0.3, 0.4) is 0 Å². The number of esters is 2. The Kier molecular flexibility index (Phi) is 6.19. The normalized spacial score (nSPS) is 10.9. The van der Waals surface area contributed by atoms with E-state index in [0.717, 1.165) is 0 Å². The second-order valence-electron chi connectivity index (χ2n) is 2.42. The Bertz CT molecular complexity index is 231. The van der Waals surface area contributed by atoms with Gasteiger partial charge in [0.2, 0.25) is 5.76 Å². The zero-order valence-electron chi connectivity index (χ0n) is 8.28. The number of carbonyl (C=O) groups excluding carboxylic acids is 2. The lowest BCUT2D eigenvalue weighted by Gasteiger charge is -2.00. The van der Waals surface area contributed by atoms with E-state index < -0.39 is 17.7 Å². The fraction of sp³-hybridized carbons (Fsp3) is 0.556. The van der Waals surface area contributed by atoms with E-state index in [1.807, 2.05) is 6.92 Å². The highest BCUT2D eigenvalue weighted by atomic mass is 16.5. The number of hydrogen-bond acceptors (Lipinski definition) is 5. The molecule has 1 N–H and O–H groups in total. The number of aliphatic hydroxyl groups excluding tert-OH is 1. The van der Waals surface area contributed by atoms with E-state index in [9.17, 15) is 9.59 Å². The van der Waals surface area contributed by atoms with E-state index in [1.54, 1.807) is 6.92 Å². The molecule has 0 saturated heterocycles. The molecule has 80 valence electrons. The van der Waals surface area contributed by atoms with Gasteiger partial charge < -0.3 is 14.6 Å². The first kappa shape index (κ1) is 12.5. The SMILES string of the molecule is CCCOC(=O)/C=C(/O)C(=O)OCC. The molecule has 0 aliphatic carbocycles. The molecule has 0 bridgehead atoms. The molecule has 0 unspecified atom stereocenters. The van der Waals surface area contributed by atoms with E-state index in [2.05, 4.69) is 9.47 Å². The topological polar surface area (TPSA) is 72.8 Å². The highest BCUT2D eigenvalue weighted by molar-refractivity contribution is 5.94. The molecule has 0 atom stereocenters. The molecule has 0 aliphatic rings. The zero-order valence-corrected chi connectivity index (χ0v) is 8.28. The van der Waals surface area contributed by atoms with Crippen LogP contribution in [-0.4, -0.2) is 30.3 Å². The average Bonchev–Trinajstić information content (AvgIpc) is 2.15. The molecule has 0 aromatic rings. The first-order valence-corrected chi connectivity index (χ1v) is 4.36. The van der Waals surface area contributed by atoms with Crippen molar-refractivity contribution >= 4 is 11.9 Å².